The minimum atomic E-state index is 0.682. The number of rotatable bonds is 8. The fourth-order valence-corrected chi connectivity index (χ4v) is 3.48. The van der Waals surface area contributed by atoms with Crippen LogP contribution in [0, 0.1) is 0 Å². The van der Waals surface area contributed by atoms with Gasteiger partial charge in [-0.2, -0.15) is 0 Å². The molecule has 2 aromatic heterocycles. The molecule has 4 aromatic rings. The Labute approximate surface area is 165 Å². The number of pyridine rings is 1. The van der Waals surface area contributed by atoms with Crippen LogP contribution in [0.25, 0.3) is 21.9 Å². The van der Waals surface area contributed by atoms with Crippen LogP contribution >= 0.6 is 0 Å². The maximum absolute atomic E-state index is 5.88. The summed E-state index contributed by atoms with van der Waals surface area (Å²) in [5.74, 6) is 0. The van der Waals surface area contributed by atoms with Crippen LogP contribution in [0.3, 0.4) is 0 Å². The van der Waals surface area contributed by atoms with Gasteiger partial charge in [-0.3, -0.25) is 4.98 Å². The molecule has 2 heterocycles. The Bertz CT molecular complexity index is 1050. The van der Waals surface area contributed by atoms with Gasteiger partial charge in [0.1, 0.15) is 5.52 Å². The molecule has 0 radical (unpaired) electrons. The van der Waals surface area contributed by atoms with Crippen molar-refractivity contribution in [3.63, 3.8) is 0 Å². The standard InChI is InChI=1S/C23H26N4O/c1-26(2)19-11-9-18(10-12-19)6-5-14-28-15-13-27-17-25-22-16-24-21-8-4-3-7-20(21)23(22)27/h3-4,7-12,16-17H,5-6,13-15H2,1-2H3. The number of anilines is 1. The summed E-state index contributed by atoms with van der Waals surface area (Å²) in [4.78, 5) is 11.1. The van der Waals surface area contributed by atoms with Crippen LogP contribution in [0.15, 0.2) is 61.1 Å². The minimum Gasteiger partial charge on any atom is -0.380 e. The molecule has 2 aromatic carbocycles. The molecule has 0 aliphatic rings. The molecule has 144 valence electrons. The van der Waals surface area contributed by atoms with E-state index < -0.39 is 0 Å². The topological polar surface area (TPSA) is 43.2 Å². The molecule has 0 aliphatic carbocycles. The lowest BCUT2D eigenvalue weighted by atomic mass is 10.1. The van der Waals surface area contributed by atoms with Crippen LogP contribution in [0.1, 0.15) is 12.0 Å². The van der Waals surface area contributed by atoms with Gasteiger partial charge in [0.2, 0.25) is 0 Å². The second-order valence-electron chi connectivity index (χ2n) is 7.22. The van der Waals surface area contributed by atoms with Crippen molar-refractivity contribution in [3.8, 4) is 0 Å². The zero-order valence-corrected chi connectivity index (χ0v) is 16.5. The lowest BCUT2D eigenvalue weighted by Gasteiger charge is -2.12. The lowest BCUT2D eigenvalue weighted by Crippen LogP contribution is -2.08. The molecule has 5 heteroatoms. The van der Waals surface area contributed by atoms with Crippen molar-refractivity contribution in [2.24, 2.45) is 0 Å². The second kappa shape index (κ2) is 8.40. The minimum absolute atomic E-state index is 0.682. The number of imidazole rings is 1. The van der Waals surface area contributed by atoms with Gasteiger partial charge in [0.05, 0.1) is 30.2 Å². The number of nitrogens with zero attached hydrogens (tertiary/aromatic N) is 4. The summed E-state index contributed by atoms with van der Waals surface area (Å²) in [6.45, 7) is 2.24. The monoisotopic (exact) mass is 374 g/mol. The molecule has 0 N–H and O–H groups in total. The van der Waals surface area contributed by atoms with Crippen molar-refractivity contribution in [1.82, 2.24) is 14.5 Å². The molecule has 28 heavy (non-hydrogen) atoms. The highest BCUT2D eigenvalue weighted by molar-refractivity contribution is 6.01. The zero-order chi connectivity index (χ0) is 19.3. The van der Waals surface area contributed by atoms with Crippen molar-refractivity contribution in [2.75, 3.05) is 32.2 Å². The summed E-state index contributed by atoms with van der Waals surface area (Å²) < 4.78 is 8.05. The maximum atomic E-state index is 5.88. The quantitative estimate of drug-likeness (QED) is 0.431. The molecule has 0 bridgehead atoms. The number of benzene rings is 2. The number of hydrogen-bond donors (Lipinski definition) is 0. The molecular weight excluding hydrogens is 348 g/mol. The van der Waals surface area contributed by atoms with E-state index >= 15 is 0 Å². The Balaban J connectivity index is 1.28. The van der Waals surface area contributed by atoms with Crippen LogP contribution in [0.2, 0.25) is 0 Å². The predicted molar refractivity (Wildman–Crippen MR) is 115 cm³/mol. The number of hydrogen-bond acceptors (Lipinski definition) is 4. The van der Waals surface area contributed by atoms with Crippen LogP contribution < -0.4 is 4.90 Å². The Morgan fingerprint density at radius 1 is 0.929 bits per heavy atom. The Morgan fingerprint density at radius 2 is 1.75 bits per heavy atom. The van der Waals surface area contributed by atoms with Crippen molar-refractivity contribution < 1.29 is 4.74 Å². The average molecular weight is 374 g/mol. The maximum Gasteiger partial charge on any atom is 0.107 e. The van der Waals surface area contributed by atoms with Crippen molar-refractivity contribution in [2.45, 2.75) is 19.4 Å². The van der Waals surface area contributed by atoms with E-state index in [2.05, 4.69) is 63.9 Å². The van der Waals surface area contributed by atoms with Gasteiger partial charge in [0.25, 0.3) is 0 Å². The van der Waals surface area contributed by atoms with Gasteiger partial charge in [-0.15, -0.1) is 0 Å². The van der Waals surface area contributed by atoms with Gasteiger partial charge in [-0.05, 0) is 36.6 Å². The highest BCUT2D eigenvalue weighted by Gasteiger charge is 2.07. The van der Waals surface area contributed by atoms with Crippen LogP contribution in [0.4, 0.5) is 5.69 Å². The first-order valence-electron chi connectivity index (χ1n) is 9.75. The van der Waals surface area contributed by atoms with Gasteiger partial charge in [-0.25, -0.2) is 4.98 Å². The van der Waals surface area contributed by atoms with E-state index in [4.69, 9.17) is 4.74 Å². The van der Waals surface area contributed by atoms with Gasteiger partial charge < -0.3 is 14.2 Å². The van der Waals surface area contributed by atoms with E-state index in [1.54, 1.807) is 0 Å². The first kappa shape index (κ1) is 18.4. The van der Waals surface area contributed by atoms with E-state index in [9.17, 15) is 0 Å². The Morgan fingerprint density at radius 3 is 2.57 bits per heavy atom. The highest BCUT2D eigenvalue weighted by atomic mass is 16.5. The fourth-order valence-electron chi connectivity index (χ4n) is 3.48. The summed E-state index contributed by atoms with van der Waals surface area (Å²) in [6.07, 6.45) is 5.79. The second-order valence-corrected chi connectivity index (χ2v) is 7.22. The lowest BCUT2D eigenvalue weighted by molar-refractivity contribution is 0.125. The number of para-hydroxylation sites is 1. The molecule has 5 nitrogen and oxygen atoms in total. The van der Waals surface area contributed by atoms with Crippen LogP contribution in [0.5, 0.6) is 0 Å². The van der Waals surface area contributed by atoms with E-state index in [1.807, 2.05) is 30.7 Å². The van der Waals surface area contributed by atoms with E-state index in [0.717, 1.165) is 47.9 Å². The summed E-state index contributed by atoms with van der Waals surface area (Å²) in [5.41, 5.74) is 5.65. The number of ether oxygens (including phenoxy) is 1. The first-order valence-corrected chi connectivity index (χ1v) is 9.75. The first-order chi connectivity index (χ1) is 13.7. The summed E-state index contributed by atoms with van der Waals surface area (Å²) in [5, 5.41) is 1.14. The highest BCUT2D eigenvalue weighted by Crippen LogP contribution is 2.22. The van der Waals surface area contributed by atoms with Gasteiger partial charge >= 0.3 is 0 Å². The smallest absolute Gasteiger partial charge is 0.107 e. The van der Waals surface area contributed by atoms with Gasteiger partial charge in [-0.1, -0.05) is 30.3 Å². The number of fused-ring (bicyclic) bond motifs is 3. The third-order valence-corrected chi connectivity index (χ3v) is 5.03. The van der Waals surface area contributed by atoms with Crippen molar-refractivity contribution in [3.05, 3.63) is 66.6 Å². The van der Waals surface area contributed by atoms with Gasteiger partial charge in [0, 0.05) is 38.3 Å². The molecular formula is C23H26N4O. The van der Waals surface area contributed by atoms with Crippen LogP contribution in [-0.4, -0.2) is 41.8 Å². The van der Waals surface area contributed by atoms with Crippen LogP contribution in [-0.2, 0) is 17.7 Å². The summed E-state index contributed by atoms with van der Waals surface area (Å²) in [7, 11) is 4.12. The SMILES string of the molecule is CN(C)c1ccc(CCCOCCn2cnc3cnc4ccccc4c32)cc1. The third kappa shape index (κ3) is 3.99. The average Bonchev–Trinajstić information content (AvgIpc) is 3.14. The summed E-state index contributed by atoms with van der Waals surface area (Å²) in [6, 6.07) is 16.9. The summed E-state index contributed by atoms with van der Waals surface area (Å²) >= 11 is 0. The molecule has 0 amide bonds. The predicted octanol–water partition coefficient (Wildman–Crippen LogP) is 4.30. The normalized spacial score (nSPS) is 11.4. The van der Waals surface area contributed by atoms with Crippen molar-refractivity contribution in [1.29, 1.82) is 0 Å². The van der Waals surface area contributed by atoms with E-state index in [-0.39, 0.29) is 0 Å². The number of aryl methyl sites for hydroxylation is 1. The molecule has 0 aliphatic heterocycles. The molecule has 0 saturated heterocycles. The fraction of sp³-hybridized carbons (Fsp3) is 0.304. The van der Waals surface area contributed by atoms with E-state index in [0.29, 0.717) is 6.61 Å². The molecule has 4 rings (SSSR count). The molecule has 0 saturated carbocycles. The Kier molecular flexibility index (Phi) is 5.53. The largest absolute Gasteiger partial charge is 0.380 e. The zero-order valence-electron chi connectivity index (χ0n) is 16.5. The Hall–Kier alpha value is -2.92. The van der Waals surface area contributed by atoms with Gasteiger partial charge in [0.15, 0.2) is 0 Å². The number of aromatic nitrogens is 3. The molecule has 0 atom stereocenters. The molecule has 0 unspecified atom stereocenters. The molecule has 0 fully saturated rings. The van der Waals surface area contributed by atoms with E-state index in [1.165, 1.54) is 11.3 Å². The van der Waals surface area contributed by atoms with Crippen molar-refractivity contribution >= 4 is 27.6 Å². The molecule has 0 spiro atoms. The third-order valence-electron chi connectivity index (χ3n) is 5.03.